The molecule has 0 heterocycles. The first-order valence-corrected chi connectivity index (χ1v) is 44.0. The van der Waals surface area contributed by atoms with Gasteiger partial charge >= 0.3 is 92.7 Å². The summed E-state index contributed by atoms with van der Waals surface area (Å²) in [6.07, 6.45) is 68.5. The number of rotatable bonds is 60. The van der Waals surface area contributed by atoms with Gasteiger partial charge in [-0.15, -0.1) is 0 Å². The Labute approximate surface area is 682 Å². The molecule has 0 unspecified atom stereocenters. The molecule has 0 amide bonds. The minimum atomic E-state index is -5.39. The molecule has 0 rings (SSSR count). The SMILES string of the molecule is CCCCCC[N+](CCCCCC)(CCCCCC)CCCCCC.CCCCCC[N+](CCCCCC)(CCCCCC)CCCCCC.CCCCCC[N+](CCCCCC)(CCCCCC)CCCCCC.O=P([O-])([O-])[O-].OO.OO.OO.OO.OO.OO.OO.OO.[O]=[Mo].[O]=[Mo].[O]=[Mo].[O]=[Mo]. The second-order valence-electron chi connectivity index (χ2n) is 25.9. The van der Waals surface area contributed by atoms with E-state index in [1.54, 1.807) is 0 Å². The molecule has 0 aromatic heterocycles. The quantitative estimate of drug-likeness (QED) is 0.00671. The van der Waals surface area contributed by atoms with Crippen LogP contribution >= 0.6 is 7.82 Å². The van der Waals surface area contributed by atoms with Crippen LogP contribution in [0.1, 0.15) is 391 Å². The van der Waals surface area contributed by atoms with Crippen molar-refractivity contribution in [2.75, 3.05) is 78.5 Å². The van der Waals surface area contributed by atoms with E-state index in [2.05, 4.69) is 83.1 Å². The third kappa shape index (κ3) is 149. The number of unbranched alkanes of at least 4 members (excludes halogenated alkanes) is 36. The topological polar surface area (TPSA) is 478 Å². The van der Waals surface area contributed by atoms with Crippen molar-refractivity contribution in [1.82, 2.24) is 0 Å². The van der Waals surface area contributed by atoms with Gasteiger partial charge in [0.05, 0.1) is 78.5 Å². The van der Waals surface area contributed by atoms with Crippen LogP contribution in [0.15, 0.2) is 0 Å². The summed E-state index contributed by atoms with van der Waals surface area (Å²) in [5.41, 5.74) is 0. The van der Waals surface area contributed by atoms with Gasteiger partial charge in [0.2, 0.25) is 0 Å². The van der Waals surface area contributed by atoms with E-state index in [4.69, 9.17) is 117 Å². The van der Waals surface area contributed by atoms with Gasteiger partial charge in [-0.25, -0.2) is 0 Å². The second-order valence-corrected chi connectivity index (χ2v) is 26.8. The Morgan fingerprint density at radius 3 is 0.279 bits per heavy atom. The average Bonchev–Trinajstić information content (AvgIpc) is 0.893. The van der Waals surface area contributed by atoms with Crippen molar-refractivity contribution in [2.24, 2.45) is 0 Å². The molecule has 0 saturated heterocycles. The number of phosphoric acid groups is 1. The molecular formula is C72H172Mo4N3O24P. The fraction of sp³-hybridized carbons (Fsp3) is 1.00. The standard InChI is InChI=1S/3C24H52N.4Mo.H3O4P.8H2O2.4O/c3*1-5-9-13-17-21-25(22-18-14-10-6-2,23-19-15-11-7-3)24-20-16-12-8-4;;;;;1-5(2,3)4;8*1-2;;;;/h3*5-24H2,1-4H3;;;;;(H3,1,2,3,4);8*1-2H;;;;/q3*+1;;;;;;;;;;;;;;;;;/p-3. The van der Waals surface area contributed by atoms with E-state index in [-0.39, 0.29) is 0 Å². The molecule has 648 valence electrons. The van der Waals surface area contributed by atoms with Gasteiger partial charge in [0.25, 0.3) is 0 Å². The van der Waals surface area contributed by atoms with Crippen LogP contribution in [-0.4, -0.2) is 176 Å². The molecule has 0 fully saturated rings. The van der Waals surface area contributed by atoms with Gasteiger partial charge in [0.1, 0.15) is 0 Å². The zero-order chi connectivity index (χ0) is 84.4. The van der Waals surface area contributed by atoms with Crippen LogP contribution in [0.25, 0.3) is 0 Å². The number of hydrogen-bond acceptors (Lipinski definition) is 24. The Hall–Kier alpha value is 1.30. The Morgan fingerprint density at radius 1 is 0.173 bits per heavy atom. The van der Waals surface area contributed by atoms with Gasteiger partial charge in [-0.05, 0) is 154 Å². The van der Waals surface area contributed by atoms with E-state index in [1.807, 2.05) is 0 Å². The van der Waals surface area contributed by atoms with Crippen LogP contribution in [0.5, 0.6) is 0 Å². The summed E-state index contributed by atoms with van der Waals surface area (Å²) < 4.78 is 46.0. The molecular weight excluding hydrogens is 1710 g/mol. The van der Waals surface area contributed by atoms with Gasteiger partial charge in [-0.2, -0.15) is 7.82 Å². The van der Waals surface area contributed by atoms with Gasteiger partial charge in [0, 0.05) is 0 Å². The van der Waals surface area contributed by atoms with Crippen LogP contribution in [0.4, 0.5) is 0 Å². The zero-order valence-corrected chi connectivity index (χ0v) is 77.2. The third-order valence-corrected chi connectivity index (χ3v) is 17.8. The monoisotopic (exact) mass is 1890 g/mol. The Bertz CT molecular complexity index is 1010. The van der Waals surface area contributed by atoms with Gasteiger partial charge in [0.15, 0.2) is 0 Å². The van der Waals surface area contributed by atoms with Crippen molar-refractivity contribution in [3.8, 4) is 0 Å². The molecule has 0 radical (unpaired) electrons. The van der Waals surface area contributed by atoms with Crippen LogP contribution in [0.2, 0.25) is 0 Å². The van der Waals surface area contributed by atoms with E-state index >= 15 is 0 Å². The molecule has 0 spiro atoms. The third-order valence-electron chi connectivity index (χ3n) is 17.8. The van der Waals surface area contributed by atoms with Gasteiger partial charge < -0.3 is 32.7 Å². The first kappa shape index (κ1) is 144. The molecule has 0 bridgehead atoms. The molecule has 27 nitrogen and oxygen atoms in total. The van der Waals surface area contributed by atoms with E-state index in [1.165, 1.54) is 400 Å². The summed E-state index contributed by atoms with van der Waals surface area (Å²) >= 11 is 2.80. The predicted molar refractivity (Wildman–Crippen MR) is 401 cm³/mol. The fourth-order valence-electron chi connectivity index (χ4n) is 12.5. The first-order chi connectivity index (χ1) is 50.7. The second kappa shape index (κ2) is 153. The molecule has 16 N–H and O–H groups in total. The van der Waals surface area contributed by atoms with Crippen molar-refractivity contribution in [1.29, 1.82) is 0 Å². The molecule has 0 aliphatic rings. The van der Waals surface area contributed by atoms with Crippen molar-refractivity contribution in [3.05, 3.63) is 0 Å². The summed E-state index contributed by atoms with van der Waals surface area (Å²) in [6, 6.07) is 0. The zero-order valence-electron chi connectivity index (χ0n) is 68.3. The van der Waals surface area contributed by atoms with Crippen molar-refractivity contribution in [2.45, 2.75) is 391 Å². The Kier molecular flexibility index (Phi) is 211. The molecule has 104 heavy (non-hydrogen) atoms. The first-order valence-electron chi connectivity index (χ1n) is 39.3. The predicted octanol–water partition coefficient (Wildman–Crippen LogP) is 21.2. The number of quaternary nitrogens is 3. The van der Waals surface area contributed by atoms with Crippen LogP contribution in [0.3, 0.4) is 0 Å². The summed E-state index contributed by atoms with van der Waals surface area (Å²) in [7, 11) is -5.39. The van der Waals surface area contributed by atoms with E-state index in [9.17, 15) is 0 Å². The van der Waals surface area contributed by atoms with E-state index < -0.39 is 7.82 Å². The Balaban J connectivity index is -0.0000000672. The summed E-state index contributed by atoms with van der Waals surface area (Å²) in [5.74, 6) is 0. The van der Waals surface area contributed by atoms with Crippen LogP contribution < -0.4 is 14.7 Å². The summed E-state index contributed by atoms with van der Waals surface area (Å²) in [6.45, 7) is 45.6. The maximum absolute atomic E-state index is 8.55. The Morgan fingerprint density at radius 2 is 0.231 bits per heavy atom. The molecule has 32 heteroatoms. The van der Waals surface area contributed by atoms with Crippen molar-refractivity contribution >= 4 is 7.82 Å². The van der Waals surface area contributed by atoms with Gasteiger partial charge in [-0.1, -0.05) is 237 Å². The van der Waals surface area contributed by atoms with Gasteiger partial charge in [-0.3, -0.25) is 84.1 Å². The molecule has 0 aromatic carbocycles. The maximum atomic E-state index is 8.55. The van der Waals surface area contributed by atoms with E-state index in [0.717, 1.165) is 0 Å². The molecule has 0 atom stereocenters. The minimum absolute atomic E-state index is 0.700. The fourth-order valence-corrected chi connectivity index (χ4v) is 12.5. The molecule has 0 saturated carbocycles. The summed E-state index contributed by atoms with van der Waals surface area (Å²) in [5, 5.41) is 96.0. The molecule has 0 aliphatic carbocycles. The van der Waals surface area contributed by atoms with Crippen molar-refractivity contribution < 1.29 is 210 Å². The van der Waals surface area contributed by atoms with Crippen LogP contribution in [-0.2, 0) is 97.3 Å². The summed E-state index contributed by atoms with van der Waals surface area (Å²) in [4.78, 5) is 25.6. The average molecular weight is 1880 g/mol. The normalized spacial score (nSPS) is 9.84. The molecule has 0 aromatic rings. The van der Waals surface area contributed by atoms with E-state index in [0.29, 0.717) is 79.1 Å². The number of nitrogens with zero attached hydrogens (tertiary/aromatic N) is 3. The number of hydrogen-bond donors (Lipinski definition) is 16. The van der Waals surface area contributed by atoms with Crippen LogP contribution in [0, 0.1) is 0 Å². The van der Waals surface area contributed by atoms with Crippen molar-refractivity contribution in [3.63, 3.8) is 0 Å². The molecule has 0 aliphatic heterocycles.